The average Bonchev–Trinajstić information content (AvgIpc) is 3.45. The van der Waals surface area contributed by atoms with Crippen LogP contribution in [0.2, 0.25) is 0 Å². The molecule has 0 bridgehead atoms. The Hall–Kier alpha value is -4.24. The fraction of sp³-hybridized carbons (Fsp3) is 0.0625. The molecule has 4 aromatic carbocycles. The third kappa shape index (κ3) is 5.61. The predicted octanol–water partition coefficient (Wildman–Crippen LogP) is 8.44. The molecule has 6 aromatic rings. The zero-order valence-corrected chi connectivity index (χ0v) is 27.1. The van der Waals surface area contributed by atoms with Crippen LogP contribution >= 0.6 is 47.8 Å². The lowest BCUT2D eigenvalue weighted by Gasteiger charge is -2.16. The second kappa shape index (κ2) is 12.2. The average molecular weight is 763 g/mol. The van der Waals surface area contributed by atoms with Crippen LogP contribution in [0.3, 0.4) is 0 Å². The molecule has 0 unspecified atom stereocenters. The molecule has 0 fully saturated rings. The molecule has 43 heavy (non-hydrogen) atoms. The van der Waals surface area contributed by atoms with Crippen molar-refractivity contribution in [2.24, 2.45) is 5.10 Å². The van der Waals surface area contributed by atoms with Crippen molar-refractivity contribution in [3.05, 3.63) is 119 Å². The van der Waals surface area contributed by atoms with Crippen LogP contribution in [-0.4, -0.2) is 23.0 Å². The van der Waals surface area contributed by atoms with E-state index >= 15 is 0 Å². The van der Waals surface area contributed by atoms with Crippen LogP contribution in [0, 0.1) is 11.3 Å². The van der Waals surface area contributed by atoms with Crippen molar-refractivity contribution in [3.63, 3.8) is 0 Å². The number of ether oxygens (including phenoxy) is 2. The van der Waals surface area contributed by atoms with Crippen molar-refractivity contribution in [2.75, 3.05) is 7.11 Å². The van der Waals surface area contributed by atoms with E-state index in [1.165, 1.54) is 18.0 Å². The quantitative estimate of drug-likeness (QED) is 0.151. The van der Waals surface area contributed by atoms with Gasteiger partial charge in [-0.2, -0.15) is 15.0 Å². The summed E-state index contributed by atoms with van der Waals surface area (Å²) in [6.45, 7) is 0.161. The van der Waals surface area contributed by atoms with Gasteiger partial charge < -0.3 is 13.9 Å². The number of rotatable bonds is 7. The van der Waals surface area contributed by atoms with Crippen molar-refractivity contribution >= 4 is 75.9 Å². The minimum atomic E-state index is -0.350. The smallest absolute Gasteiger partial charge is 0.282 e. The number of hydrogen-bond donors (Lipinski definition) is 0. The summed E-state index contributed by atoms with van der Waals surface area (Å²) in [5.41, 5.74) is 2.71. The molecule has 0 spiro atoms. The SMILES string of the molecule is COc1cc(C=Nn2c(-c3cc4cc(Br)ccc4o3)nc3ccccc3c2=O)c(Br)c(Br)c1OCc1ccccc1C#N. The van der Waals surface area contributed by atoms with Crippen LogP contribution in [-0.2, 0) is 6.61 Å². The van der Waals surface area contributed by atoms with Crippen LogP contribution in [0.4, 0.5) is 0 Å². The highest BCUT2D eigenvalue weighted by molar-refractivity contribution is 9.13. The van der Waals surface area contributed by atoms with Gasteiger partial charge in [-0.3, -0.25) is 4.79 Å². The first kappa shape index (κ1) is 28.9. The summed E-state index contributed by atoms with van der Waals surface area (Å²) >= 11 is 10.7. The lowest BCUT2D eigenvalue weighted by atomic mass is 10.1. The van der Waals surface area contributed by atoms with Crippen molar-refractivity contribution in [2.45, 2.75) is 6.61 Å². The first-order valence-corrected chi connectivity index (χ1v) is 15.2. The lowest BCUT2D eigenvalue weighted by molar-refractivity contribution is 0.282. The highest BCUT2D eigenvalue weighted by atomic mass is 79.9. The monoisotopic (exact) mass is 760 g/mol. The Bertz CT molecular complexity index is 2170. The molecule has 2 aromatic heterocycles. The predicted molar refractivity (Wildman–Crippen MR) is 176 cm³/mol. The molecule has 0 aliphatic rings. The molecule has 0 aliphatic heterocycles. The van der Waals surface area contributed by atoms with Gasteiger partial charge >= 0.3 is 0 Å². The van der Waals surface area contributed by atoms with Crippen LogP contribution < -0.4 is 15.0 Å². The van der Waals surface area contributed by atoms with E-state index in [-0.39, 0.29) is 18.0 Å². The molecular formula is C32H19Br3N4O4. The Morgan fingerprint density at radius 2 is 1.81 bits per heavy atom. The molecule has 0 aliphatic carbocycles. The number of furan rings is 1. The maximum Gasteiger partial charge on any atom is 0.282 e. The highest BCUT2D eigenvalue weighted by Gasteiger charge is 2.19. The van der Waals surface area contributed by atoms with Crippen molar-refractivity contribution in [1.82, 2.24) is 9.66 Å². The number of fused-ring (bicyclic) bond motifs is 2. The van der Waals surface area contributed by atoms with Crippen LogP contribution in [0.5, 0.6) is 11.5 Å². The Morgan fingerprint density at radius 1 is 1.02 bits per heavy atom. The maximum absolute atomic E-state index is 13.7. The zero-order valence-electron chi connectivity index (χ0n) is 22.3. The van der Waals surface area contributed by atoms with Gasteiger partial charge in [-0.1, -0.05) is 46.3 Å². The number of aromatic nitrogens is 2. The van der Waals surface area contributed by atoms with E-state index in [2.05, 4.69) is 59.0 Å². The highest BCUT2D eigenvalue weighted by Crippen LogP contribution is 2.43. The van der Waals surface area contributed by atoms with E-state index in [0.29, 0.717) is 53.8 Å². The third-order valence-corrected chi connectivity index (χ3v) is 9.29. The molecule has 0 atom stereocenters. The minimum absolute atomic E-state index is 0.161. The molecular weight excluding hydrogens is 744 g/mol. The summed E-state index contributed by atoms with van der Waals surface area (Å²) in [5, 5.41) is 15.3. The van der Waals surface area contributed by atoms with E-state index in [1.54, 1.807) is 36.4 Å². The number of methoxy groups -OCH3 is 1. The summed E-state index contributed by atoms with van der Waals surface area (Å²) in [7, 11) is 1.53. The van der Waals surface area contributed by atoms with E-state index in [0.717, 1.165) is 15.4 Å². The van der Waals surface area contributed by atoms with E-state index < -0.39 is 0 Å². The Labute approximate surface area is 270 Å². The Morgan fingerprint density at radius 3 is 2.63 bits per heavy atom. The van der Waals surface area contributed by atoms with Crippen molar-refractivity contribution in [3.8, 4) is 29.2 Å². The summed E-state index contributed by atoms with van der Waals surface area (Å²) in [4.78, 5) is 18.4. The van der Waals surface area contributed by atoms with Gasteiger partial charge in [-0.15, -0.1) is 0 Å². The number of nitrogens with zero attached hydrogens (tertiary/aromatic N) is 4. The summed E-state index contributed by atoms with van der Waals surface area (Å²) in [5.74, 6) is 1.52. The number of hydrogen-bond acceptors (Lipinski definition) is 7. The van der Waals surface area contributed by atoms with Crippen molar-refractivity contribution in [1.29, 1.82) is 5.26 Å². The summed E-state index contributed by atoms with van der Waals surface area (Å²) in [6.07, 6.45) is 1.53. The molecule has 0 saturated heterocycles. The van der Waals surface area contributed by atoms with Crippen LogP contribution in [0.15, 0.2) is 107 Å². The van der Waals surface area contributed by atoms with E-state index in [4.69, 9.17) is 18.9 Å². The van der Waals surface area contributed by atoms with Crippen molar-refractivity contribution < 1.29 is 13.9 Å². The number of halogens is 3. The second-order valence-corrected chi connectivity index (χ2v) is 11.8. The first-order valence-electron chi connectivity index (χ1n) is 12.8. The Kier molecular flexibility index (Phi) is 8.17. The molecule has 0 saturated carbocycles. The van der Waals surface area contributed by atoms with Gasteiger partial charge in [0.15, 0.2) is 17.3 Å². The lowest BCUT2D eigenvalue weighted by Crippen LogP contribution is -2.20. The molecule has 212 valence electrons. The normalized spacial score (nSPS) is 11.3. The fourth-order valence-corrected chi connectivity index (χ4v) is 5.84. The Balaban J connectivity index is 1.43. The van der Waals surface area contributed by atoms with E-state index in [9.17, 15) is 10.1 Å². The fourth-order valence-electron chi connectivity index (χ4n) is 4.52. The van der Waals surface area contributed by atoms with Gasteiger partial charge in [0.1, 0.15) is 12.2 Å². The molecule has 0 N–H and O–H groups in total. The van der Waals surface area contributed by atoms with Gasteiger partial charge in [0.25, 0.3) is 5.56 Å². The molecule has 0 radical (unpaired) electrons. The number of nitriles is 1. The van der Waals surface area contributed by atoms with Gasteiger partial charge in [-0.05, 0) is 80.4 Å². The van der Waals surface area contributed by atoms with Gasteiger partial charge in [0, 0.05) is 25.5 Å². The number of benzene rings is 4. The summed E-state index contributed by atoms with van der Waals surface area (Å²) < 4.78 is 21.1. The molecule has 8 nitrogen and oxygen atoms in total. The standard InChI is InChI=1S/C32H19Br3N4O4/c1-41-26-14-21(28(34)29(35)30(26)42-17-19-7-3-2-6-18(19)15-36)16-37-39-31(38-24-9-5-4-8-23(24)32(39)40)27-13-20-12-22(33)10-11-25(20)43-27/h2-14,16H,17H2,1H3. The zero-order chi connectivity index (χ0) is 30.1. The number of para-hydroxylation sites is 1. The summed E-state index contributed by atoms with van der Waals surface area (Å²) in [6, 6.07) is 25.7. The molecule has 11 heteroatoms. The van der Waals surface area contributed by atoms with Crippen LogP contribution in [0.25, 0.3) is 33.5 Å². The van der Waals surface area contributed by atoms with Gasteiger partial charge in [0.2, 0.25) is 5.82 Å². The largest absolute Gasteiger partial charge is 0.493 e. The van der Waals surface area contributed by atoms with Gasteiger partial charge in [0.05, 0.1) is 40.3 Å². The molecule has 0 amide bonds. The topological polar surface area (TPSA) is 103 Å². The molecule has 6 rings (SSSR count). The van der Waals surface area contributed by atoms with Gasteiger partial charge in [-0.25, -0.2) is 4.98 Å². The maximum atomic E-state index is 13.7. The molecule has 2 heterocycles. The second-order valence-electron chi connectivity index (χ2n) is 9.29. The minimum Gasteiger partial charge on any atom is -0.493 e. The van der Waals surface area contributed by atoms with Crippen LogP contribution in [0.1, 0.15) is 16.7 Å². The van der Waals surface area contributed by atoms with E-state index in [1.807, 2.05) is 42.5 Å². The first-order chi connectivity index (χ1) is 20.9. The third-order valence-electron chi connectivity index (χ3n) is 6.65.